The van der Waals surface area contributed by atoms with E-state index >= 15 is 0 Å². The Morgan fingerprint density at radius 1 is 0.625 bits per heavy atom. The summed E-state index contributed by atoms with van der Waals surface area (Å²) < 4.78 is 2.35. The van der Waals surface area contributed by atoms with Crippen LogP contribution in [0.15, 0.2) is 60.7 Å². The molecule has 0 aliphatic heterocycles. The van der Waals surface area contributed by atoms with Gasteiger partial charge < -0.3 is 4.57 Å². The van der Waals surface area contributed by atoms with Crippen LogP contribution >= 0.6 is 0 Å². The van der Waals surface area contributed by atoms with Gasteiger partial charge in [-0.05, 0) is 36.1 Å². The summed E-state index contributed by atoms with van der Waals surface area (Å²) in [5, 5.41) is 8.02. The van der Waals surface area contributed by atoms with E-state index in [1.54, 1.807) is 0 Å². The maximum Gasteiger partial charge on any atom is 0.0568 e. The van der Waals surface area contributed by atoms with Gasteiger partial charge in [0, 0.05) is 28.7 Å². The molecule has 1 nitrogen and oxygen atoms in total. The molecule has 1 heteroatoms. The molecule has 0 saturated carbocycles. The normalized spacial score (nSPS) is 12.0. The Morgan fingerprint density at radius 3 is 1.96 bits per heavy atom. The highest BCUT2D eigenvalue weighted by atomic mass is 14.9. The molecule has 0 aliphatic rings. The lowest BCUT2D eigenvalue weighted by molar-refractivity contribution is 1.02. The highest BCUT2D eigenvalue weighted by Crippen LogP contribution is 2.37. The van der Waals surface area contributed by atoms with Gasteiger partial charge >= 0.3 is 0 Å². The third-order valence-corrected chi connectivity index (χ3v) is 5.27. The standard InChI is InChI=1S/C23H19N/c1-14-4-8-18-16(12-14)7-11-21-22(18)20-10-6-17-13-15(2)5-9-19(17)23(20)24(21)3/h4-13H,1-3H3. The number of rotatable bonds is 0. The van der Waals surface area contributed by atoms with E-state index in [1.165, 1.54) is 54.5 Å². The summed E-state index contributed by atoms with van der Waals surface area (Å²) >= 11 is 0. The van der Waals surface area contributed by atoms with Crippen LogP contribution in [0.1, 0.15) is 11.1 Å². The van der Waals surface area contributed by atoms with E-state index < -0.39 is 0 Å². The summed E-state index contributed by atoms with van der Waals surface area (Å²) in [6.07, 6.45) is 0. The van der Waals surface area contributed by atoms with Crippen molar-refractivity contribution in [1.29, 1.82) is 0 Å². The quantitative estimate of drug-likeness (QED) is 0.318. The van der Waals surface area contributed by atoms with Gasteiger partial charge in [-0.15, -0.1) is 0 Å². The molecule has 0 amide bonds. The molecule has 0 fully saturated rings. The first-order chi connectivity index (χ1) is 11.6. The van der Waals surface area contributed by atoms with Gasteiger partial charge in [-0.25, -0.2) is 0 Å². The zero-order valence-corrected chi connectivity index (χ0v) is 14.2. The van der Waals surface area contributed by atoms with Gasteiger partial charge in [0.25, 0.3) is 0 Å². The van der Waals surface area contributed by atoms with E-state index in [0.29, 0.717) is 0 Å². The third-order valence-electron chi connectivity index (χ3n) is 5.27. The lowest BCUT2D eigenvalue weighted by Crippen LogP contribution is -1.88. The fourth-order valence-corrected chi connectivity index (χ4v) is 4.12. The molecule has 0 aliphatic carbocycles. The van der Waals surface area contributed by atoms with Crippen molar-refractivity contribution < 1.29 is 0 Å². The van der Waals surface area contributed by atoms with Crippen molar-refractivity contribution in [1.82, 2.24) is 4.57 Å². The summed E-state index contributed by atoms with van der Waals surface area (Å²) in [4.78, 5) is 0. The predicted molar refractivity (Wildman–Crippen MR) is 105 cm³/mol. The van der Waals surface area contributed by atoms with Crippen molar-refractivity contribution in [2.75, 3.05) is 0 Å². The Kier molecular flexibility index (Phi) is 2.62. The van der Waals surface area contributed by atoms with Gasteiger partial charge in [0.15, 0.2) is 0 Å². The number of aromatic nitrogens is 1. The maximum atomic E-state index is 2.35. The molecule has 0 bridgehead atoms. The minimum atomic E-state index is 1.30. The Morgan fingerprint density at radius 2 is 1.21 bits per heavy atom. The molecule has 0 unspecified atom stereocenters. The van der Waals surface area contributed by atoms with Gasteiger partial charge in [0.2, 0.25) is 0 Å². The fraction of sp³-hybridized carbons (Fsp3) is 0.130. The van der Waals surface area contributed by atoms with Crippen molar-refractivity contribution in [2.24, 2.45) is 7.05 Å². The van der Waals surface area contributed by atoms with Crippen LogP contribution in [0.5, 0.6) is 0 Å². The van der Waals surface area contributed by atoms with E-state index in [0.717, 1.165) is 0 Å². The average Bonchev–Trinajstić information content (AvgIpc) is 2.87. The van der Waals surface area contributed by atoms with Crippen LogP contribution in [0.3, 0.4) is 0 Å². The number of benzene rings is 4. The predicted octanol–water partition coefficient (Wildman–Crippen LogP) is 6.25. The smallest absolute Gasteiger partial charge is 0.0568 e. The largest absolute Gasteiger partial charge is 0.343 e. The van der Waals surface area contributed by atoms with Crippen molar-refractivity contribution in [3.8, 4) is 0 Å². The van der Waals surface area contributed by atoms with Crippen LogP contribution < -0.4 is 0 Å². The van der Waals surface area contributed by atoms with E-state index in [2.05, 4.69) is 86.1 Å². The van der Waals surface area contributed by atoms with Crippen molar-refractivity contribution >= 4 is 43.4 Å². The summed E-state index contributed by atoms with van der Waals surface area (Å²) in [6, 6.07) is 22.6. The van der Waals surface area contributed by atoms with Gasteiger partial charge in [0.05, 0.1) is 5.52 Å². The van der Waals surface area contributed by atoms with Gasteiger partial charge in [0.1, 0.15) is 0 Å². The van der Waals surface area contributed by atoms with Gasteiger partial charge in [-0.2, -0.15) is 0 Å². The van der Waals surface area contributed by atoms with Crippen molar-refractivity contribution in [3.63, 3.8) is 0 Å². The first-order valence-electron chi connectivity index (χ1n) is 8.44. The van der Waals surface area contributed by atoms with E-state index in [-0.39, 0.29) is 0 Å². The highest BCUT2D eigenvalue weighted by Gasteiger charge is 2.13. The van der Waals surface area contributed by atoms with E-state index in [4.69, 9.17) is 0 Å². The molecular formula is C23H19N. The van der Waals surface area contributed by atoms with Crippen LogP contribution in [0.25, 0.3) is 43.4 Å². The molecule has 0 radical (unpaired) electrons. The summed E-state index contributed by atoms with van der Waals surface area (Å²) in [5.74, 6) is 0. The van der Waals surface area contributed by atoms with Crippen LogP contribution in [0.2, 0.25) is 0 Å². The summed E-state index contributed by atoms with van der Waals surface area (Å²) in [5.41, 5.74) is 5.24. The molecule has 0 atom stereocenters. The lowest BCUT2D eigenvalue weighted by Gasteiger charge is -2.04. The molecule has 5 rings (SSSR count). The topological polar surface area (TPSA) is 4.93 Å². The molecule has 0 N–H and O–H groups in total. The molecule has 116 valence electrons. The number of hydrogen-bond acceptors (Lipinski definition) is 0. The molecule has 24 heavy (non-hydrogen) atoms. The number of hydrogen-bond donors (Lipinski definition) is 0. The third kappa shape index (κ3) is 1.70. The second-order valence-electron chi connectivity index (χ2n) is 6.93. The Labute approximate surface area is 141 Å². The molecular weight excluding hydrogens is 290 g/mol. The maximum absolute atomic E-state index is 2.35. The molecule has 4 aromatic carbocycles. The zero-order chi connectivity index (χ0) is 16.4. The van der Waals surface area contributed by atoms with Crippen molar-refractivity contribution in [3.05, 3.63) is 71.8 Å². The van der Waals surface area contributed by atoms with Crippen molar-refractivity contribution in [2.45, 2.75) is 13.8 Å². The van der Waals surface area contributed by atoms with Crippen LogP contribution in [-0.2, 0) is 7.05 Å². The second-order valence-corrected chi connectivity index (χ2v) is 6.93. The van der Waals surface area contributed by atoms with E-state index in [1.807, 2.05) is 0 Å². The summed E-state index contributed by atoms with van der Waals surface area (Å²) in [6.45, 7) is 4.31. The lowest BCUT2D eigenvalue weighted by atomic mass is 10.00. The average molecular weight is 309 g/mol. The Bertz CT molecular complexity index is 1270. The SMILES string of the molecule is Cc1ccc2c(ccc3c2c2ccc4cc(C)ccc4c2n3C)c1. The second kappa shape index (κ2) is 4.61. The zero-order valence-electron chi connectivity index (χ0n) is 14.2. The molecule has 1 aromatic heterocycles. The molecule has 0 saturated heterocycles. The number of fused-ring (bicyclic) bond motifs is 7. The van der Waals surface area contributed by atoms with Gasteiger partial charge in [-0.1, -0.05) is 65.7 Å². The summed E-state index contributed by atoms with van der Waals surface area (Å²) in [7, 11) is 2.18. The Hall–Kier alpha value is -2.80. The molecule has 0 spiro atoms. The molecule has 1 heterocycles. The minimum absolute atomic E-state index is 1.30. The van der Waals surface area contributed by atoms with Crippen LogP contribution in [0, 0.1) is 13.8 Å². The van der Waals surface area contributed by atoms with Gasteiger partial charge in [-0.3, -0.25) is 0 Å². The number of aryl methyl sites for hydroxylation is 3. The van der Waals surface area contributed by atoms with Crippen LogP contribution in [-0.4, -0.2) is 4.57 Å². The first kappa shape index (κ1) is 13.6. The Balaban J connectivity index is 2.08. The highest BCUT2D eigenvalue weighted by molar-refractivity contribution is 6.25. The first-order valence-corrected chi connectivity index (χ1v) is 8.44. The van der Waals surface area contributed by atoms with Crippen LogP contribution in [0.4, 0.5) is 0 Å². The minimum Gasteiger partial charge on any atom is -0.343 e. The number of nitrogens with zero attached hydrogens (tertiary/aromatic N) is 1. The van der Waals surface area contributed by atoms with E-state index in [9.17, 15) is 0 Å². The molecule has 5 aromatic rings. The monoisotopic (exact) mass is 309 g/mol. The fourth-order valence-electron chi connectivity index (χ4n) is 4.12.